The van der Waals surface area contributed by atoms with Gasteiger partial charge in [-0.25, -0.2) is 0 Å². The lowest BCUT2D eigenvalue weighted by Crippen LogP contribution is -2.25. The molecule has 1 aliphatic rings. The normalized spacial score (nSPS) is 18.6. The minimum atomic E-state index is -0.226. The fraction of sp³-hybridized carbons (Fsp3) is 1.00. The van der Waals surface area contributed by atoms with Crippen molar-refractivity contribution in [1.82, 2.24) is 5.32 Å². The van der Waals surface area contributed by atoms with Gasteiger partial charge in [0, 0.05) is 6.54 Å². The fourth-order valence-corrected chi connectivity index (χ4v) is 1.85. The average molecular weight is 203 g/mol. The largest absolute Gasteiger partial charge is 0.377 e. The van der Waals surface area contributed by atoms with Crippen LogP contribution in [0.5, 0.6) is 0 Å². The number of rotatable bonds is 7. The zero-order chi connectivity index (χ0) is 10.1. The van der Waals surface area contributed by atoms with Crippen molar-refractivity contribution < 1.29 is 9.13 Å². The molecule has 0 aromatic heterocycles. The number of nitrogens with one attached hydrogen (secondary N) is 1. The van der Waals surface area contributed by atoms with Gasteiger partial charge in [-0.1, -0.05) is 19.3 Å². The minimum absolute atomic E-state index is 0.226. The van der Waals surface area contributed by atoms with Gasteiger partial charge in [-0.05, 0) is 25.8 Å². The summed E-state index contributed by atoms with van der Waals surface area (Å²) in [4.78, 5) is 0. The van der Waals surface area contributed by atoms with E-state index in [1.54, 1.807) is 0 Å². The summed E-state index contributed by atoms with van der Waals surface area (Å²) in [7, 11) is 0. The van der Waals surface area contributed by atoms with Crippen molar-refractivity contribution in [2.45, 2.75) is 44.6 Å². The lowest BCUT2D eigenvalue weighted by atomic mass is 9.98. The second-order valence-electron chi connectivity index (χ2n) is 3.92. The Morgan fingerprint density at radius 2 is 1.93 bits per heavy atom. The van der Waals surface area contributed by atoms with Gasteiger partial charge in [0.15, 0.2) is 0 Å². The second-order valence-corrected chi connectivity index (χ2v) is 3.92. The van der Waals surface area contributed by atoms with E-state index in [1.807, 2.05) is 0 Å². The van der Waals surface area contributed by atoms with Gasteiger partial charge in [0.25, 0.3) is 0 Å². The standard InChI is InChI=1S/C11H22FNO/c12-7-4-8-13-9-10-14-11-5-2-1-3-6-11/h11,13H,1-10H2. The summed E-state index contributed by atoms with van der Waals surface area (Å²) in [6.45, 7) is 2.18. The van der Waals surface area contributed by atoms with Crippen molar-refractivity contribution in [2.24, 2.45) is 0 Å². The molecule has 2 nitrogen and oxygen atoms in total. The Hall–Kier alpha value is -0.150. The predicted molar refractivity (Wildman–Crippen MR) is 56.3 cm³/mol. The van der Waals surface area contributed by atoms with Crippen LogP contribution < -0.4 is 5.32 Å². The van der Waals surface area contributed by atoms with Gasteiger partial charge in [0.2, 0.25) is 0 Å². The third kappa shape index (κ3) is 5.55. The zero-order valence-electron chi connectivity index (χ0n) is 8.93. The van der Waals surface area contributed by atoms with Gasteiger partial charge in [-0.15, -0.1) is 0 Å². The molecule has 0 aromatic carbocycles. The van der Waals surface area contributed by atoms with Crippen molar-refractivity contribution in [3.63, 3.8) is 0 Å². The predicted octanol–water partition coefficient (Wildman–Crippen LogP) is 2.28. The molecule has 0 amide bonds. The first-order chi connectivity index (χ1) is 6.93. The first kappa shape index (κ1) is 11.9. The number of hydrogen-bond acceptors (Lipinski definition) is 2. The smallest absolute Gasteiger partial charge is 0.0906 e. The van der Waals surface area contributed by atoms with Gasteiger partial charge in [-0.3, -0.25) is 4.39 Å². The van der Waals surface area contributed by atoms with E-state index < -0.39 is 0 Å². The molecule has 0 heterocycles. The molecule has 0 bridgehead atoms. The third-order valence-electron chi connectivity index (χ3n) is 2.67. The van der Waals surface area contributed by atoms with E-state index >= 15 is 0 Å². The fourth-order valence-electron chi connectivity index (χ4n) is 1.85. The van der Waals surface area contributed by atoms with E-state index in [-0.39, 0.29) is 6.67 Å². The number of ether oxygens (including phenoxy) is 1. The van der Waals surface area contributed by atoms with Crippen LogP contribution >= 0.6 is 0 Å². The molecular weight excluding hydrogens is 181 g/mol. The van der Waals surface area contributed by atoms with Gasteiger partial charge >= 0.3 is 0 Å². The molecule has 0 aromatic rings. The Bertz CT molecular complexity index is 126. The van der Waals surface area contributed by atoms with Crippen LogP contribution in [-0.4, -0.2) is 32.5 Å². The molecule has 0 unspecified atom stereocenters. The first-order valence-electron chi connectivity index (χ1n) is 5.82. The van der Waals surface area contributed by atoms with E-state index in [4.69, 9.17) is 4.74 Å². The molecular formula is C11H22FNO. The van der Waals surface area contributed by atoms with Gasteiger partial charge in [0.05, 0.1) is 19.4 Å². The average Bonchev–Trinajstić information content (AvgIpc) is 2.25. The molecule has 1 fully saturated rings. The van der Waals surface area contributed by atoms with E-state index in [0.717, 1.165) is 19.7 Å². The van der Waals surface area contributed by atoms with Crippen LogP contribution in [-0.2, 0) is 4.74 Å². The Labute approximate surface area is 86.2 Å². The van der Waals surface area contributed by atoms with Crippen molar-refractivity contribution in [3.8, 4) is 0 Å². The topological polar surface area (TPSA) is 21.3 Å². The van der Waals surface area contributed by atoms with Crippen LogP contribution in [0.1, 0.15) is 38.5 Å². The molecule has 1 rings (SSSR count). The highest BCUT2D eigenvalue weighted by Gasteiger charge is 2.12. The molecule has 1 N–H and O–H groups in total. The summed E-state index contributed by atoms with van der Waals surface area (Å²) in [5, 5.41) is 3.16. The molecule has 14 heavy (non-hydrogen) atoms. The summed E-state index contributed by atoms with van der Waals surface area (Å²) in [5.74, 6) is 0. The monoisotopic (exact) mass is 203 g/mol. The summed E-state index contributed by atoms with van der Waals surface area (Å²) in [6, 6.07) is 0. The highest BCUT2D eigenvalue weighted by Crippen LogP contribution is 2.19. The Balaban J connectivity index is 1.82. The molecule has 0 radical (unpaired) electrons. The summed E-state index contributed by atoms with van der Waals surface area (Å²) in [6.07, 6.45) is 7.57. The molecule has 0 saturated heterocycles. The molecule has 0 aliphatic heterocycles. The quantitative estimate of drug-likeness (QED) is 0.641. The van der Waals surface area contributed by atoms with Crippen molar-refractivity contribution in [3.05, 3.63) is 0 Å². The Morgan fingerprint density at radius 3 is 2.64 bits per heavy atom. The molecule has 0 atom stereocenters. The first-order valence-corrected chi connectivity index (χ1v) is 5.82. The van der Waals surface area contributed by atoms with E-state index in [1.165, 1.54) is 32.1 Å². The van der Waals surface area contributed by atoms with Crippen LogP contribution in [0.4, 0.5) is 4.39 Å². The lowest BCUT2D eigenvalue weighted by molar-refractivity contribution is 0.0303. The van der Waals surface area contributed by atoms with Gasteiger partial charge < -0.3 is 10.1 Å². The number of alkyl halides is 1. The summed E-state index contributed by atoms with van der Waals surface area (Å²) in [5.41, 5.74) is 0. The highest BCUT2D eigenvalue weighted by atomic mass is 19.1. The third-order valence-corrected chi connectivity index (χ3v) is 2.67. The zero-order valence-corrected chi connectivity index (χ0v) is 8.93. The highest BCUT2D eigenvalue weighted by molar-refractivity contribution is 4.65. The van der Waals surface area contributed by atoms with Crippen molar-refractivity contribution >= 4 is 0 Å². The van der Waals surface area contributed by atoms with Crippen LogP contribution in [0.2, 0.25) is 0 Å². The molecule has 1 aliphatic carbocycles. The molecule has 84 valence electrons. The van der Waals surface area contributed by atoms with Crippen LogP contribution in [0, 0.1) is 0 Å². The molecule has 1 saturated carbocycles. The van der Waals surface area contributed by atoms with Gasteiger partial charge in [0.1, 0.15) is 0 Å². The minimum Gasteiger partial charge on any atom is -0.377 e. The lowest BCUT2D eigenvalue weighted by Gasteiger charge is -2.21. The Kier molecular flexibility index (Phi) is 6.97. The molecule has 3 heteroatoms. The second kappa shape index (κ2) is 8.18. The summed E-state index contributed by atoms with van der Waals surface area (Å²) < 4.78 is 17.4. The SMILES string of the molecule is FCCCNCCOC1CCCCC1. The maximum absolute atomic E-state index is 11.7. The molecule has 0 spiro atoms. The van der Waals surface area contributed by atoms with Crippen molar-refractivity contribution in [1.29, 1.82) is 0 Å². The van der Waals surface area contributed by atoms with Crippen LogP contribution in [0.3, 0.4) is 0 Å². The number of hydrogen-bond donors (Lipinski definition) is 1. The van der Waals surface area contributed by atoms with E-state index in [9.17, 15) is 4.39 Å². The van der Waals surface area contributed by atoms with Crippen molar-refractivity contribution in [2.75, 3.05) is 26.4 Å². The summed E-state index contributed by atoms with van der Waals surface area (Å²) >= 11 is 0. The maximum Gasteiger partial charge on any atom is 0.0906 e. The van der Waals surface area contributed by atoms with E-state index in [2.05, 4.69) is 5.32 Å². The van der Waals surface area contributed by atoms with Gasteiger partial charge in [-0.2, -0.15) is 0 Å². The van der Waals surface area contributed by atoms with E-state index in [0.29, 0.717) is 12.5 Å². The maximum atomic E-state index is 11.7. The Morgan fingerprint density at radius 1 is 1.14 bits per heavy atom. The van der Waals surface area contributed by atoms with Crippen LogP contribution in [0.25, 0.3) is 0 Å². The van der Waals surface area contributed by atoms with Crippen LogP contribution in [0.15, 0.2) is 0 Å². The number of halogens is 1.